The van der Waals surface area contributed by atoms with Crippen molar-refractivity contribution in [1.29, 1.82) is 0 Å². The molecule has 0 saturated heterocycles. The fourth-order valence-electron chi connectivity index (χ4n) is 4.76. The molecule has 170 valence electrons. The average molecular weight is 423 g/mol. The van der Waals surface area contributed by atoms with Crippen LogP contribution in [0.4, 0.5) is 0 Å². The molecule has 0 saturated carbocycles. The maximum absolute atomic E-state index is 12.5. The molecule has 0 unspecified atom stereocenters. The van der Waals surface area contributed by atoms with Crippen LogP contribution in [0.25, 0.3) is 0 Å². The number of hydrogen-bond donors (Lipinski definition) is 3. The van der Waals surface area contributed by atoms with Crippen LogP contribution in [0.2, 0.25) is 0 Å². The topological polar surface area (TPSA) is 104 Å². The van der Waals surface area contributed by atoms with Crippen LogP contribution < -0.4 is 0 Å². The van der Waals surface area contributed by atoms with Gasteiger partial charge >= 0.3 is 11.9 Å². The lowest BCUT2D eigenvalue weighted by molar-refractivity contribution is -0.158. The van der Waals surface area contributed by atoms with Crippen LogP contribution in [0, 0.1) is 29.6 Å². The minimum Gasteiger partial charge on any atom is -0.481 e. The highest BCUT2D eigenvalue weighted by molar-refractivity contribution is 5.72. The third kappa shape index (κ3) is 6.67. The summed E-state index contributed by atoms with van der Waals surface area (Å²) in [4.78, 5) is 23.2. The lowest BCUT2D eigenvalue weighted by Crippen LogP contribution is -2.41. The van der Waals surface area contributed by atoms with Crippen LogP contribution in [0.1, 0.15) is 66.2 Å². The fraction of sp³-hybridized carbons (Fsp3) is 0.750. The van der Waals surface area contributed by atoms with Crippen LogP contribution in [0.3, 0.4) is 0 Å². The third-order valence-corrected chi connectivity index (χ3v) is 6.67. The molecule has 0 bridgehead atoms. The molecule has 2 aliphatic rings. The lowest BCUT2D eigenvalue weighted by atomic mass is 9.65. The first-order chi connectivity index (χ1) is 14.1. The van der Waals surface area contributed by atoms with E-state index in [9.17, 15) is 19.8 Å². The van der Waals surface area contributed by atoms with Gasteiger partial charge in [0.2, 0.25) is 0 Å². The standard InChI is InChI=1S/C24H38O6/c1-5-15(3)24(29)30-21-11-14(2)10-17-7-6-16(4)20(23(17)21)9-8-18(25)12-19(26)13-22(27)28/h6-7,10,14-16,18-21,23,25-26H,5,8-9,11-13H2,1-4H3,(H,27,28)/t14-,15+,16+,18+,19+,20+,21-,23-/m0/s1. The van der Waals surface area contributed by atoms with Crippen molar-refractivity contribution in [1.82, 2.24) is 0 Å². The number of aliphatic hydroxyl groups excluding tert-OH is 2. The molecule has 0 heterocycles. The van der Waals surface area contributed by atoms with E-state index in [2.05, 4.69) is 32.1 Å². The molecule has 2 aliphatic carbocycles. The van der Waals surface area contributed by atoms with Crippen molar-refractivity contribution in [3.8, 4) is 0 Å². The van der Waals surface area contributed by atoms with Gasteiger partial charge in [-0.1, -0.05) is 45.9 Å². The number of aliphatic carboxylic acids is 1. The fourth-order valence-corrected chi connectivity index (χ4v) is 4.76. The van der Waals surface area contributed by atoms with Crippen LogP contribution >= 0.6 is 0 Å². The number of carboxylic acids is 1. The first-order valence-electron chi connectivity index (χ1n) is 11.3. The van der Waals surface area contributed by atoms with E-state index in [4.69, 9.17) is 9.84 Å². The number of carboxylic acid groups (broad SMARTS) is 1. The highest BCUT2D eigenvalue weighted by Gasteiger charge is 2.41. The molecule has 0 aromatic rings. The Morgan fingerprint density at radius 1 is 1.23 bits per heavy atom. The summed E-state index contributed by atoms with van der Waals surface area (Å²) >= 11 is 0. The highest BCUT2D eigenvalue weighted by atomic mass is 16.5. The van der Waals surface area contributed by atoms with Gasteiger partial charge in [0.05, 0.1) is 24.5 Å². The van der Waals surface area contributed by atoms with Crippen LogP contribution in [-0.4, -0.2) is 45.6 Å². The van der Waals surface area contributed by atoms with E-state index in [0.29, 0.717) is 12.3 Å². The zero-order valence-electron chi connectivity index (χ0n) is 18.7. The van der Waals surface area contributed by atoms with Gasteiger partial charge in [0.15, 0.2) is 0 Å². The van der Waals surface area contributed by atoms with Gasteiger partial charge in [-0.3, -0.25) is 9.59 Å². The van der Waals surface area contributed by atoms with Crippen molar-refractivity contribution in [3.63, 3.8) is 0 Å². The number of aliphatic hydroxyl groups is 2. The number of carbonyl (C=O) groups excluding carboxylic acids is 1. The zero-order valence-corrected chi connectivity index (χ0v) is 18.7. The summed E-state index contributed by atoms with van der Waals surface area (Å²) in [5.41, 5.74) is 1.21. The Bertz CT molecular complexity index is 654. The van der Waals surface area contributed by atoms with Gasteiger partial charge in [-0.25, -0.2) is 0 Å². The highest BCUT2D eigenvalue weighted by Crippen LogP contribution is 2.45. The van der Waals surface area contributed by atoms with Crippen molar-refractivity contribution >= 4 is 11.9 Å². The quantitative estimate of drug-likeness (QED) is 0.464. The number of esters is 1. The summed E-state index contributed by atoms with van der Waals surface area (Å²) < 4.78 is 6.00. The van der Waals surface area contributed by atoms with Gasteiger partial charge in [-0.15, -0.1) is 0 Å². The van der Waals surface area contributed by atoms with E-state index < -0.39 is 18.2 Å². The van der Waals surface area contributed by atoms with Crippen molar-refractivity contribution < 1.29 is 29.6 Å². The lowest BCUT2D eigenvalue weighted by Gasteiger charge is -2.43. The summed E-state index contributed by atoms with van der Waals surface area (Å²) in [5.74, 6) is -0.406. The summed E-state index contributed by atoms with van der Waals surface area (Å²) in [6.07, 6.45) is 7.07. The Kier molecular flexibility index (Phi) is 9.10. The van der Waals surface area contributed by atoms with Gasteiger partial charge in [-0.2, -0.15) is 0 Å². The first-order valence-corrected chi connectivity index (χ1v) is 11.3. The van der Waals surface area contributed by atoms with Crippen LogP contribution in [0.5, 0.6) is 0 Å². The Labute approximate surface area is 180 Å². The molecule has 8 atom stereocenters. The molecule has 0 radical (unpaired) electrons. The molecule has 0 fully saturated rings. The van der Waals surface area contributed by atoms with Crippen LogP contribution in [-0.2, 0) is 14.3 Å². The van der Waals surface area contributed by atoms with Gasteiger partial charge in [0.1, 0.15) is 6.10 Å². The van der Waals surface area contributed by atoms with Gasteiger partial charge in [0, 0.05) is 5.92 Å². The predicted octanol–water partition coefficient (Wildman–Crippen LogP) is 3.72. The van der Waals surface area contributed by atoms with Gasteiger partial charge in [0.25, 0.3) is 0 Å². The van der Waals surface area contributed by atoms with E-state index in [-0.39, 0.29) is 48.6 Å². The SMILES string of the molecule is CC[C@@H](C)C(=O)O[C@H]1C[C@@H](C)C=C2C=C[C@@H](C)[C@@H](CC[C@@H](O)C[C@@H](O)CC(=O)O)[C@H]21. The van der Waals surface area contributed by atoms with E-state index in [1.807, 2.05) is 13.8 Å². The smallest absolute Gasteiger partial charge is 0.308 e. The number of carbonyl (C=O) groups is 2. The number of fused-ring (bicyclic) bond motifs is 1. The molecular weight excluding hydrogens is 384 g/mol. The second kappa shape index (κ2) is 11.1. The molecule has 30 heavy (non-hydrogen) atoms. The Balaban J connectivity index is 2.09. The van der Waals surface area contributed by atoms with Crippen molar-refractivity contribution in [2.45, 2.75) is 84.5 Å². The Hall–Kier alpha value is -1.66. The average Bonchev–Trinajstić information content (AvgIpc) is 2.65. The molecule has 0 aromatic heterocycles. The molecule has 0 aliphatic heterocycles. The Morgan fingerprint density at radius 3 is 2.57 bits per heavy atom. The molecule has 0 amide bonds. The zero-order chi connectivity index (χ0) is 22.4. The monoisotopic (exact) mass is 422 g/mol. The number of rotatable bonds is 10. The third-order valence-electron chi connectivity index (χ3n) is 6.67. The number of ether oxygens (including phenoxy) is 1. The van der Waals surface area contributed by atoms with E-state index in [0.717, 1.165) is 19.3 Å². The van der Waals surface area contributed by atoms with Gasteiger partial charge < -0.3 is 20.1 Å². The summed E-state index contributed by atoms with van der Waals surface area (Å²) in [6, 6.07) is 0. The van der Waals surface area contributed by atoms with Crippen LogP contribution in [0.15, 0.2) is 23.8 Å². The molecule has 0 spiro atoms. The molecule has 6 nitrogen and oxygen atoms in total. The van der Waals surface area contributed by atoms with Crippen molar-refractivity contribution in [2.75, 3.05) is 0 Å². The normalized spacial score (nSPS) is 31.3. The maximum atomic E-state index is 12.5. The first kappa shape index (κ1) is 24.6. The van der Waals surface area contributed by atoms with Crippen molar-refractivity contribution in [3.05, 3.63) is 23.8 Å². The number of allylic oxidation sites excluding steroid dienone is 3. The second-order valence-corrected chi connectivity index (χ2v) is 9.29. The van der Waals surface area contributed by atoms with E-state index in [1.54, 1.807) is 0 Å². The summed E-state index contributed by atoms with van der Waals surface area (Å²) in [7, 11) is 0. The van der Waals surface area contributed by atoms with E-state index >= 15 is 0 Å². The summed E-state index contributed by atoms with van der Waals surface area (Å²) in [6.45, 7) is 8.16. The van der Waals surface area contributed by atoms with Crippen molar-refractivity contribution in [2.24, 2.45) is 29.6 Å². The second-order valence-electron chi connectivity index (χ2n) is 9.29. The van der Waals surface area contributed by atoms with E-state index in [1.165, 1.54) is 5.57 Å². The molecule has 3 N–H and O–H groups in total. The van der Waals surface area contributed by atoms with Gasteiger partial charge in [-0.05, 0) is 55.4 Å². The largest absolute Gasteiger partial charge is 0.481 e. The predicted molar refractivity (Wildman–Crippen MR) is 115 cm³/mol. The molecule has 0 aromatic carbocycles. The molecular formula is C24H38O6. The molecule has 6 heteroatoms. The maximum Gasteiger partial charge on any atom is 0.308 e. The minimum atomic E-state index is -1.07. The Morgan fingerprint density at radius 2 is 1.93 bits per heavy atom. The summed E-state index contributed by atoms with van der Waals surface area (Å²) in [5, 5.41) is 28.9. The minimum absolute atomic E-state index is 0.0556. The molecule has 2 rings (SSSR count). The number of hydrogen-bond acceptors (Lipinski definition) is 5.